The summed E-state index contributed by atoms with van der Waals surface area (Å²) in [4.78, 5) is 23.9. The van der Waals surface area contributed by atoms with Gasteiger partial charge >= 0.3 is 5.97 Å². The molecule has 1 aliphatic rings. The van der Waals surface area contributed by atoms with Gasteiger partial charge in [0.25, 0.3) is 0 Å². The number of carboxylic acids is 1. The number of benzene rings is 1. The average molecular weight is 393 g/mol. The standard InChI is InChI=1S/C19H19N7O3/c20-16-18(22-17(24-23-16)12-4-1-2-6-14(12)27)26-10-8-25(9-11-26)15-7-3-5-13(21-15)19(28)29/h1-7,27H,8-11H2,(H2,20,23)(H,28,29). The Balaban J connectivity index is 1.53. The lowest BCUT2D eigenvalue weighted by molar-refractivity contribution is 0.0690. The van der Waals surface area contributed by atoms with Crippen LogP contribution in [0.3, 0.4) is 0 Å². The van der Waals surface area contributed by atoms with E-state index in [0.717, 1.165) is 0 Å². The Kier molecular flexibility index (Phi) is 4.82. The van der Waals surface area contributed by atoms with Gasteiger partial charge in [0.15, 0.2) is 23.2 Å². The number of hydrogen-bond donors (Lipinski definition) is 3. The van der Waals surface area contributed by atoms with E-state index in [2.05, 4.69) is 20.2 Å². The van der Waals surface area contributed by atoms with E-state index in [9.17, 15) is 9.90 Å². The maximum absolute atomic E-state index is 11.1. The molecule has 10 nitrogen and oxygen atoms in total. The summed E-state index contributed by atoms with van der Waals surface area (Å²) in [5.74, 6) is 0.647. The fourth-order valence-electron chi connectivity index (χ4n) is 3.20. The predicted molar refractivity (Wildman–Crippen MR) is 107 cm³/mol. The van der Waals surface area contributed by atoms with Gasteiger partial charge in [-0.15, -0.1) is 10.2 Å². The molecule has 0 atom stereocenters. The number of phenols is 1. The molecule has 0 bridgehead atoms. The zero-order chi connectivity index (χ0) is 20.4. The molecule has 4 N–H and O–H groups in total. The predicted octanol–water partition coefficient (Wildman–Crippen LogP) is 1.25. The molecule has 4 rings (SSSR count). The first kappa shape index (κ1) is 18.4. The molecule has 1 aromatic carbocycles. The third-order valence-electron chi connectivity index (χ3n) is 4.70. The highest BCUT2D eigenvalue weighted by atomic mass is 16.4. The number of aromatic carboxylic acids is 1. The number of nitrogens with two attached hydrogens (primary N) is 1. The summed E-state index contributed by atoms with van der Waals surface area (Å²) in [5, 5.41) is 27.2. The van der Waals surface area contributed by atoms with Crippen LogP contribution >= 0.6 is 0 Å². The van der Waals surface area contributed by atoms with Gasteiger partial charge in [0.2, 0.25) is 0 Å². The third kappa shape index (κ3) is 3.72. The van der Waals surface area contributed by atoms with E-state index >= 15 is 0 Å². The van der Waals surface area contributed by atoms with Crippen LogP contribution in [-0.2, 0) is 0 Å². The summed E-state index contributed by atoms with van der Waals surface area (Å²) in [5.41, 5.74) is 6.50. The molecule has 3 aromatic rings. The molecular weight excluding hydrogens is 374 g/mol. The average Bonchev–Trinajstić information content (AvgIpc) is 2.75. The Morgan fingerprint density at radius 3 is 2.38 bits per heavy atom. The topological polar surface area (TPSA) is 142 Å². The van der Waals surface area contributed by atoms with Gasteiger partial charge in [-0.25, -0.2) is 14.8 Å². The smallest absolute Gasteiger partial charge is 0.354 e. The number of carbonyl (C=O) groups is 1. The van der Waals surface area contributed by atoms with Crippen molar-refractivity contribution in [2.45, 2.75) is 0 Å². The summed E-state index contributed by atoms with van der Waals surface area (Å²) in [7, 11) is 0. The molecule has 0 unspecified atom stereocenters. The van der Waals surface area contributed by atoms with Crippen molar-refractivity contribution < 1.29 is 15.0 Å². The van der Waals surface area contributed by atoms with Crippen LogP contribution in [0.25, 0.3) is 11.4 Å². The molecule has 0 radical (unpaired) electrons. The molecule has 148 valence electrons. The maximum Gasteiger partial charge on any atom is 0.354 e. The van der Waals surface area contributed by atoms with Crippen molar-refractivity contribution in [3.63, 3.8) is 0 Å². The van der Waals surface area contributed by atoms with Gasteiger partial charge in [-0.05, 0) is 24.3 Å². The minimum atomic E-state index is -1.05. The van der Waals surface area contributed by atoms with Crippen LogP contribution in [0, 0.1) is 0 Å². The number of aromatic nitrogens is 4. The number of aromatic hydroxyl groups is 1. The fourth-order valence-corrected chi connectivity index (χ4v) is 3.20. The monoisotopic (exact) mass is 393 g/mol. The molecule has 0 aliphatic carbocycles. The molecular formula is C19H19N7O3. The molecule has 1 saturated heterocycles. The van der Waals surface area contributed by atoms with Gasteiger partial charge in [0, 0.05) is 26.2 Å². The minimum Gasteiger partial charge on any atom is -0.507 e. The first-order chi connectivity index (χ1) is 14.0. The molecule has 10 heteroatoms. The summed E-state index contributed by atoms with van der Waals surface area (Å²) in [6, 6.07) is 11.7. The fraction of sp³-hybridized carbons (Fsp3) is 0.211. The number of carboxylic acid groups (broad SMARTS) is 1. The van der Waals surface area contributed by atoms with Gasteiger partial charge in [-0.1, -0.05) is 18.2 Å². The molecule has 2 aromatic heterocycles. The lowest BCUT2D eigenvalue weighted by Gasteiger charge is -2.36. The van der Waals surface area contributed by atoms with E-state index in [1.54, 1.807) is 36.4 Å². The van der Waals surface area contributed by atoms with Crippen molar-refractivity contribution in [1.29, 1.82) is 0 Å². The largest absolute Gasteiger partial charge is 0.507 e. The van der Waals surface area contributed by atoms with Crippen molar-refractivity contribution >= 4 is 23.4 Å². The van der Waals surface area contributed by atoms with Gasteiger partial charge in [-0.2, -0.15) is 0 Å². The highest BCUT2D eigenvalue weighted by molar-refractivity contribution is 5.85. The van der Waals surface area contributed by atoms with Gasteiger partial charge in [-0.3, -0.25) is 0 Å². The first-order valence-corrected chi connectivity index (χ1v) is 9.02. The van der Waals surface area contributed by atoms with E-state index in [1.807, 2.05) is 9.80 Å². The van der Waals surface area contributed by atoms with E-state index in [1.165, 1.54) is 6.07 Å². The Morgan fingerprint density at radius 2 is 1.66 bits per heavy atom. The van der Waals surface area contributed by atoms with E-state index in [0.29, 0.717) is 49.2 Å². The van der Waals surface area contributed by atoms with Crippen LogP contribution in [-0.4, -0.2) is 62.5 Å². The van der Waals surface area contributed by atoms with Crippen molar-refractivity contribution in [3.8, 4) is 17.1 Å². The number of piperazine rings is 1. The molecule has 29 heavy (non-hydrogen) atoms. The van der Waals surface area contributed by atoms with Crippen molar-refractivity contribution in [3.05, 3.63) is 48.2 Å². The number of anilines is 3. The zero-order valence-electron chi connectivity index (χ0n) is 15.4. The van der Waals surface area contributed by atoms with Gasteiger partial charge in [0.1, 0.15) is 11.6 Å². The zero-order valence-corrected chi connectivity index (χ0v) is 15.4. The Morgan fingerprint density at radius 1 is 0.931 bits per heavy atom. The highest BCUT2D eigenvalue weighted by Crippen LogP contribution is 2.28. The number of rotatable bonds is 4. The van der Waals surface area contributed by atoms with Crippen LogP contribution in [0.5, 0.6) is 5.75 Å². The summed E-state index contributed by atoms with van der Waals surface area (Å²) in [6.45, 7) is 2.43. The second-order valence-electron chi connectivity index (χ2n) is 6.52. The minimum absolute atomic E-state index is 0.0153. The molecule has 1 aliphatic heterocycles. The number of hydrogen-bond acceptors (Lipinski definition) is 9. The molecule has 1 fully saturated rings. The Hall–Kier alpha value is -3.95. The van der Waals surface area contributed by atoms with Crippen LogP contribution in [0.4, 0.5) is 17.5 Å². The first-order valence-electron chi connectivity index (χ1n) is 9.02. The number of pyridine rings is 1. The summed E-state index contributed by atoms with van der Waals surface area (Å²) >= 11 is 0. The van der Waals surface area contributed by atoms with E-state index in [4.69, 9.17) is 10.8 Å². The lowest BCUT2D eigenvalue weighted by Crippen LogP contribution is -2.47. The molecule has 3 heterocycles. The van der Waals surface area contributed by atoms with Crippen LogP contribution in [0.1, 0.15) is 10.5 Å². The van der Waals surface area contributed by atoms with Crippen LogP contribution in [0.15, 0.2) is 42.5 Å². The third-order valence-corrected chi connectivity index (χ3v) is 4.70. The SMILES string of the molecule is Nc1nnc(-c2ccccc2O)nc1N1CCN(c2cccc(C(=O)O)n2)CC1. The van der Waals surface area contributed by atoms with Crippen molar-refractivity contribution in [1.82, 2.24) is 20.2 Å². The van der Waals surface area contributed by atoms with Gasteiger partial charge < -0.3 is 25.7 Å². The van der Waals surface area contributed by atoms with Crippen LogP contribution in [0.2, 0.25) is 0 Å². The maximum atomic E-state index is 11.1. The van der Waals surface area contributed by atoms with E-state index < -0.39 is 5.97 Å². The van der Waals surface area contributed by atoms with Crippen LogP contribution < -0.4 is 15.5 Å². The molecule has 0 amide bonds. The number of phenolic OH excluding ortho intramolecular Hbond substituents is 1. The summed E-state index contributed by atoms with van der Waals surface area (Å²) in [6.07, 6.45) is 0. The Bertz CT molecular complexity index is 1050. The number of nitrogen functional groups attached to an aromatic ring is 1. The highest BCUT2D eigenvalue weighted by Gasteiger charge is 2.23. The van der Waals surface area contributed by atoms with E-state index in [-0.39, 0.29) is 17.3 Å². The molecule has 0 saturated carbocycles. The van der Waals surface area contributed by atoms with Crippen molar-refractivity contribution in [2.75, 3.05) is 41.7 Å². The second kappa shape index (κ2) is 7.58. The lowest BCUT2D eigenvalue weighted by atomic mass is 10.2. The molecule has 0 spiro atoms. The summed E-state index contributed by atoms with van der Waals surface area (Å²) < 4.78 is 0. The number of para-hydroxylation sites is 1. The van der Waals surface area contributed by atoms with Crippen molar-refractivity contribution in [2.24, 2.45) is 0 Å². The van der Waals surface area contributed by atoms with Gasteiger partial charge in [0.05, 0.1) is 5.56 Å². The quantitative estimate of drug-likeness (QED) is 0.593. The Labute approximate surface area is 166 Å². The number of nitrogens with zero attached hydrogens (tertiary/aromatic N) is 6. The second-order valence-corrected chi connectivity index (χ2v) is 6.52. The normalized spacial score (nSPS) is 14.1.